The second kappa shape index (κ2) is 9.89. The Kier molecular flexibility index (Phi) is 7.85. The van der Waals surface area contributed by atoms with E-state index in [2.05, 4.69) is 63.1 Å². The minimum absolute atomic E-state index is 0.363. The number of hydrogen-bond donors (Lipinski definition) is 1. The SMILES string of the molecule is CCc1cnc(C)c(C2(CC)CNC2)c1.COc1ccc(CC(C)C)cc1. The number of hydrogen-bond acceptors (Lipinski definition) is 3. The molecular weight excluding hydrogens is 332 g/mol. The number of aromatic nitrogens is 1. The van der Waals surface area contributed by atoms with E-state index in [1.54, 1.807) is 7.11 Å². The molecule has 0 saturated carbocycles. The lowest BCUT2D eigenvalue weighted by molar-refractivity contribution is 0.265. The summed E-state index contributed by atoms with van der Waals surface area (Å²) in [7, 11) is 1.69. The number of benzene rings is 1. The third-order valence-corrected chi connectivity index (χ3v) is 5.53. The third-order valence-electron chi connectivity index (χ3n) is 5.53. The molecule has 3 nitrogen and oxygen atoms in total. The molecule has 1 fully saturated rings. The molecule has 2 heterocycles. The standard InChI is InChI=1S/C13H20N2.C11H16O/c1-4-11-6-12(10(3)15-7-11)13(5-2)8-14-9-13;1-9(2)8-10-4-6-11(12-3)7-5-10/h6-7,14H,4-5,8-9H2,1-3H3;4-7,9H,8H2,1-3H3. The zero-order chi connectivity index (χ0) is 19.9. The highest BCUT2D eigenvalue weighted by atomic mass is 16.5. The van der Waals surface area contributed by atoms with Crippen LogP contribution in [0.25, 0.3) is 0 Å². The molecule has 0 atom stereocenters. The highest BCUT2D eigenvalue weighted by Crippen LogP contribution is 2.33. The summed E-state index contributed by atoms with van der Waals surface area (Å²) in [6.07, 6.45) is 5.43. The van der Waals surface area contributed by atoms with Crippen LogP contribution in [0.3, 0.4) is 0 Å². The number of methoxy groups -OCH3 is 1. The van der Waals surface area contributed by atoms with E-state index >= 15 is 0 Å². The van der Waals surface area contributed by atoms with Crippen molar-refractivity contribution in [1.29, 1.82) is 0 Å². The van der Waals surface area contributed by atoms with Crippen molar-refractivity contribution in [3.05, 3.63) is 58.9 Å². The first-order valence-electron chi connectivity index (χ1n) is 10.2. The molecule has 148 valence electrons. The Hall–Kier alpha value is -1.87. The van der Waals surface area contributed by atoms with Gasteiger partial charge in [-0.3, -0.25) is 4.98 Å². The van der Waals surface area contributed by atoms with Crippen LogP contribution in [0.4, 0.5) is 0 Å². The largest absolute Gasteiger partial charge is 0.497 e. The fourth-order valence-corrected chi connectivity index (χ4v) is 3.60. The first-order valence-corrected chi connectivity index (χ1v) is 10.2. The maximum Gasteiger partial charge on any atom is 0.118 e. The van der Waals surface area contributed by atoms with Crippen molar-refractivity contribution in [2.24, 2.45) is 5.92 Å². The molecule has 1 aliphatic rings. The Morgan fingerprint density at radius 2 is 1.78 bits per heavy atom. The Morgan fingerprint density at radius 3 is 2.22 bits per heavy atom. The first kappa shape index (κ1) is 21.4. The van der Waals surface area contributed by atoms with Gasteiger partial charge < -0.3 is 10.1 Å². The van der Waals surface area contributed by atoms with Gasteiger partial charge in [0.1, 0.15) is 5.75 Å². The summed E-state index contributed by atoms with van der Waals surface area (Å²) >= 11 is 0. The van der Waals surface area contributed by atoms with Gasteiger partial charge in [-0.05, 0) is 60.9 Å². The Bertz CT molecular complexity index is 697. The van der Waals surface area contributed by atoms with Crippen LogP contribution in [-0.4, -0.2) is 25.2 Å². The smallest absolute Gasteiger partial charge is 0.118 e. The molecule has 0 aliphatic carbocycles. The van der Waals surface area contributed by atoms with Crippen LogP contribution in [-0.2, 0) is 18.3 Å². The molecule has 0 amide bonds. The molecule has 1 saturated heterocycles. The van der Waals surface area contributed by atoms with Gasteiger partial charge in [-0.2, -0.15) is 0 Å². The Labute approximate surface area is 165 Å². The van der Waals surface area contributed by atoms with Gasteiger partial charge in [0.05, 0.1) is 7.11 Å². The van der Waals surface area contributed by atoms with E-state index in [4.69, 9.17) is 4.74 Å². The van der Waals surface area contributed by atoms with Gasteiger partial charge in [-0.15, -0.1) is 0 Å². The first-order chi connectivity index (χ1) is 12.9. The Morgan fingerprint density at radius 1 is 1.11 bits per heavy atom. The van der Waals surface area contributed by atoms with Crippen LogP contribution < -0.4 is 10.1 Å². The maximum absolute atomic E-state index is 5.07. The molecule has 0 bridgehead atoms. The number of aryl methyl sites for hydroxylation is 2. The van der Waals surface area contributed by atoms with Gasteiger partial charge in [0.15, 0.2) is 0 Å². The summed E-state index contributed by atoms with van der Waals surface area (Å²) in [5.41, 5.74) is 5.77. The molecule has 0 unspecified atom stereocenters. The lowest BCUT2D eigenvalue weighted by atomic mass is 9.72. The summed E-state index contributed by atoms with van der Waals surface area (Å²) in [4.78, 5) is 4.52. The fraction of sp³-hybridized carbons (Fsp3) is 0.542. The molecular formula is C24H36N2O. The summed E-state index contributed by atoms with van der Waals surface area (Å²) in [6, 6.07) is 10.6. The third kappa shape index (κ3) is 5.55. The molecule has 1 aromatic heterocycles. The average Bonchev–Trinajstić information content (AvgIpc) is 2.63. The van der Waals surface area contributed by atoms with Crippen LogP contribution in [0.2, 0.25) is 0 Å². The van der Waals surface area contributed by atoms with Crippen molar-refractivity contribution in [3.8, 4) is 5.75 Å². The van der Waals surface area contributed by atoms with E-state index in [0.717, 1.165) is 37.6 Å². The predicted octanol–water partition coefficient (Wildman–Crippen LogP) is 5.10. The lowest BCUT2D eigenvalue weighted by Crippen LogP contribution is -2.56. The summed E-state index contributed by atoms with van der Waals surface area (Å²) in [6.45, 7) is 13.3. The quantitative estimate of drug-likeness (QED) is 0.770. The number of pyridine rings is 1. The molecule has 27 heavy (non-hydrogen) atoms. The zero-order valence-corrected chi connectivity index (χ0v) is 17.9. The number of nitrogens with one attached hydrogen (secondary N) is 1. The highest BCUT2D eigenvalue weighted by molar-refractivity contribution is 5.35. The number of rotatable bonds is 6. The van der Waals surface area contributed by atoms with E-state index in [0.29, 0.717) is 5.41 Å². The van der Waals surface area contributed by atoms with E-state index < -0.39 is 0 Å². The lowest BCUT2D eigenvalue weighted by Gasteiger charge is -2.43. The van der Waals surface area contributed by atoms with Gasteiger partial charge in [0, 0.05) is 30.4 Å². The maximum atomic E-state index is 5.07. The van der Waals surface area contributed by atoms with Gasteiger partial charge in [-0.1, -0.05) is 45.9 Å². The van der Waals surface area contributed by atoms with Gasteiger partial charge in [0.2, 0.25) is 0 Å². The van der Waals surface area contributed by atoms with E-state index in [1.165, 1.54) is 28.8 Å². The van der Waals surface area contributed by atoms with Crippen molar-refractivity contribution < 1.29 is 4.74 Å². The van der Waals surface area contributed by atoms with Gasteiger partial charge in [0.25, 0.3) is 0 Å². The van der Waals surface area contributed by atoms with Gasteiger partial charge >= 0.3 is 0 Å². The second-order valence-electron chi connectivity index (χ2n) is 8.01. The molecule has 0 spiro atoms. The number of ether oxygens (including phenoxy) is 1. The Balaban J connectivity index is 0.000000199. The van der Waals surface area contributed by atoms with Crippen LogP contribution in [0, 0.1) is 12.8 Å². The van der Waals surface area contributed by atoms with Crippen LogP contribution >= 0.6 is 0 Å². The second-order valence-corrected chi connectivity index (χ2v) is 8.01. The van der Waals surface area contributed by atoms with Crippen molar-refractivity contribution in [3.63, 3.8) is 0 Å². The van der Waals surface area contributed by atoms with Crippen LogP contribution in [0.1, 0.15) is 56.5 Å². The van der Waals surface area contributed by atoms with E-state index in [1.807, 2.05) is 18.3 Å². The van der Waals surface area contributed by atoms with Gasteiger partial charge in [-0.25, -0.2) is 0 Å². The number of nitrogens with zero attached hydrogens (tertiary/aromatic N) is 1. The monoisotopic (exact) mass is 368 g/mol. The van der Waals surface area contributed by atoms with Crippen molar-refractivity contribution >= 4 is 0 Å². The highest BCUT2D eigenvalue weighted by Gasteiger charge is 2.38. The molecule has 2 aromatic rings. The summed E-state index contributed by atoms with van der Waals surface area (Å²) in [5.74, 6) is 1.65. The van der Waals surface area contributed by atoms with E-state index in [-0.39, 0.29) is 0 Å². The molecule has 3 heteroatoms. The molecule has 1 N–H and O–H groups in total. The molecule has 1 aliphatic heterocycles. The zero-order valence-electron chi connectivity index (χ0n) is 17.9. The van der Waals surface area contributed by atoms with Crippen molar-refractivity contribution in [2.45, 2.75) is 59.3 Å². The summed E-state index contributed by atoms with van der Waals surface area (Å²) < 4.78 is 5.07. The van der Waals surface area contributed by atoms with Crippen LogP contribution in [0.5, 0.6) is 5.75 Å². The molecule has 1 aromatic carbocycles. The van der Waals surface area contributed by atoms with Crippen molar-refractivity contribution in [1.82, 2.24) is 10.3 Å². The van der Waals surface area contributed by atoms with E-state index in [9.17, 15) is 0 Å². The average molecular weight is 369 g/mol. The summed E-state index contributed by atoms with van der Waals surface area (Å²) in [5, 5.41) is 3.39. The van der Waals surface area contributed by atoms with Crippen molar-refractivity contribution in [2.75, 3.05) is 20.2 Å². The normalized spacial score (nSPS) is 14.9. The predicted molar refractivity (Wildman–Crippen MR) is 115 cm³/mol. The molecule has 0 radical (unpaired) electrons. The topological polar surface area (TPSA) is 34.2 Å². The minimum Gasteiger partial charge on any atom is -0.497 e. The minimum atomic E-state index is 0.363. The van der Waals surface area contributed by atoms with Crippen LogP contribution in [0.15, 0.2) is 36.5 Å². The fourth-order valence-electron chi connectivity index (χ4n) is 3.60. The molecule has 3 rings (SSSR count).